The van der Waals surface area contributed by atoms with Crippen molar-refractivity contribution < 1.29 is 8.42 Å². The minimum atomic E-state index is -3.46. The number of nitrogens with zero attached hydrogens (tertiary/aromatic N) is 1. The molecule has 0 saturated carbocycles. The Labute approximate surface area is 119 Å². The summed E-state index contributed by atoms with van der Waals surface area (Å²) in [4.78, 5) is 4.20. The molecule has 0 radical (unpaired) electrons. The van der Waals surface area contributed by atoms with E-state index >= 15 is 0 Å². The third-order valence-corrected chi connectivity index (χ3v) is 4.41. The van der Waals surface area contributed by atoms with E-state index in [0.29, 0.717) is 4.90 Å². The van der Waals surface area contributed by atoms with E-state index in [9.17, 15) is 8.42 Å². The molecule has 0 fully saturated rings. The highest BCUT2D eigenvalue weighted by molar-refractivity contribution is 7.89. The molecule has 1 aromatic heterocycles. The summed E-state index contributed by atoms with van der Waals surface area (Å²) >= 11 is 0. The lowest BCUT2D eigenvalue weighted by atomic mass is 10.1. The Kier molecular flexibility index (Phi) is 4.87. The van der Waals surface area contributed by atoms with Crippen molar-refractivity contribution in [2.45, 2.75) is 31.2 Å². The van der Waals surface area contributed by atoms with Crippen molar-refractivity contribution in [1.29, 1.82) is 0 Å². The van der Waals surface area contributed by atoms with Crippen molar-refractivity contribution >= 4 is 10.0 Å². The number of hydrogen-bond acceptors (Lipinski definition) is 3. The van der Waals surface area contributed by atoms with Crippen LogP contribution in [-0.4, -0.2) is 13.4 Å². The van der Waals surface area contributed by atoms with Crippen LogP contribution in [-0.2, 0) is 23.0 Å². The highest BCUT2D eigenvalue weighted by Crippen LogP contribution is 2.12. The van der Waals surface area contributed by atoms with Crippen molar-refractivity contribution in [3.05, 3.63) is 59.9 Å². The minimum absolute atomic E-state index is 0.265. The lowest BCUT2D eigenvalue weighted by Gasteiger charge is -2.07. The molecule has 0 aliphatic carbocycles. The molecule has 0 unspecified atom stereocenters. The highest BCUT2D eigenvalue weighted by Gasteiger charge is 2.13. The van der Waals surface area contributed by atoms with Crippen LogP contribution in [0.4, 0.5) is 0 Å². The van der Waals surface area contributed by atoms with Crippen LogP contribution in [0.25, 0.3) is 0 Å². The van der Waals surface area contributed by atoms with Crippen molar-refractivity contribution in [3.63, 3.8) is 0 Å². The topological polar surface area (TPSA) is 59.1 Å². The fraction of sp³-hybridized carbons (Fsp3) is 0.267. The maximum absolute atomic E-state index is 12.1. The van der Waals surface area contributed by atoms with Crippen molar-refractivity contribution in [2.75, 3.05) is 0 Å². The zero-order valence-corrected chi connectivity index (χ0v) is 12.2. The number of benzene rings is 1. The van der Waals surface area contributed by atoms with Gasteiger partial charge in [0.25, 0.3) is 0 Å². The third-order valence-electron chi connectivity index (χ3n) is 2.99. The van der Waals surface area contributed by atoms with Gasteiger partial charge in [-0.25, -0.2) is 13.1 Å². The molecule has 0 bridgehead atoms. The van der Waals surface area contributed by atoms with Gasteiger partial charge in [-0.3, -0.25) is 4.98 Å². The molecule has 1 heterocycles. The normalized spacial score (nSPS) is 11.4. The van der Waals surface area contributed by atoms with E-state index in [-0.39, 0.29) is 6.54 Å². The third kappa shape index (κ3) is 3.88. The number of pyridine rings is 1. The molecule has 0 spiro atoms. The maximum Gasteiger partial charge on any atom is 0.240 e. The van der Waals surface area contributed by atoms with Crippen LogP contribution in [0, 0.1) is 0 Å². The fourth-order valence-electron chi connectivity index (χ4n) is 1.89. The molecule has 1 aromatic carbocycles. The smallest absolute Gasteiger partial charge is 0.240 e. The second kappa shape index (κ2) is 6.63. The Balaban J connectivity index is 2.06. The van der Waals surface area contributed by atoms with E-state index in [4.69, 9.17) is 0 Å². The molecular weight excluding hydrogens is 272 g/mol. The second-order valence-corrected chi connectivity index (χ2v) is 6.34. The molecule has 2 aromatic rings. The first-order valence-corrected chi connectivity index (χ1v) is 8.07. The van der Waals surface area contributed by atoms with Gasteiger partial charge >= 0.3 is 0 Å². The molecule has 0 aliphatic rings. The molecule has 1 N–H and O–H groups in total. The summed E-state index contributed by atoms with van der Waals surface area (Å²) in [6.07, 6.45) is 5.30. The molecule has 5 heteroatoms. The van der Waals surface area contributed by atoms with E-state index in [1.165, 1.54) is 0 Å². The molecule has 106 valence electrons. The minimum Gasteiger partial charge on any atom is -0.265 e. The summed E-state index contributed by atoms with van der Waals surface area (Å²) < 4.78 is 26.9. The largest absolute Gasteiger partial charge is 0.265 e. The summed E-state index contributed by atoms with van der Waals surface area (Å²) in [6, 6.07) is 10.6. The number of rotatable bonds is 6. The second-order valence-electron chi connectivity index (χ2n) is 4.57. The quantitative estimate of drug-likeness (QED) is 0.889. The molecule has 0 saturated heterocycles. The van der Waals surface area contributed by atoms with Gasteiger partial charge in [-0.1, -0.05) is 25.5 Å². The standard InChI is InChI=1S/C15H18N2O2S/c1-2-3-13-4-6-15(7-5-13)20(18,19)17-12-14-8-10-16-11-9-14/h4-11,17H,2-3,12H2,1H3. The molecule has 20 heavy (non-hydrogen) atoms. The Bertz CT molecular complexity index is 637. The van der Waals surface area contributed by atoms with Crippen molar-refractivity contribution in [1.82, 2.24) is 9.71 Å². The number of aryl methyl sites for hydroxylation is 1. The number of nitrogens with one attached hydrogen (secondary N) is 1. The van der Waals surface area contributed by atoms with Gasteiger partial charge in [-0.2, -0.15) is 0 Å². The molecule has 0 aliphatic heterocycles. The Morgan fingerprint density at radius 3 is 2.25 bits per heavy atom. The summed E-state index contributed by atoms with van der Waals surface area (Å²) in [5.74, 6) is 0. The van der Waals surface area contributed by atoms with Crippen LogP contribution < -0.4 is 4.72 Å². The molecular formula is C15H18N2O2S. The lowest BCUT2D eigenvalue weighted by Crippen LogP contribution is -2.23. The van der Waals surface area contributed by atoms with E-state index in [0.717, 1.165) is 24.0 Å². The zero-order chi connectivity index (χ0) is 14.4. The SMILES string of the molecule is CCCc1ccc(S(=O)(=O)NCc2ccncc2)cc1. The number of aromatic nitrogens is 1. The van der Waals surface area contributed by atoms with Gasteiger partial charge in [0.1, 0.15) is 0 Å². The Morgan fingerprint density at radius 1 is 1.00 bits per heavy atom. The monoisotopic (exact) mass is 290 g/mol. The first kappa shape index (κ1) is 14.7. The molecule has 2 rings (SSSR count). The summed E-state index contributed by atoms with van der Waals surface area (Å²) in [5.41, 5.74) is 2.03. The van der Waals surface area contributed by atoms with Crippen molar-refractivity contribution in [2.24, 2.45) is 0 Å². The van der Waals surface area contributed by atoms with Crippen LogP contribution in [0.5, 0.6) is 0 Å². The van der Waals surface area contributed by atoms with Gasteiger partial charge in [0.2, 0.25) is 10.0 Å². The maximum atomic E-state index is 12.1. The van der Waals surface area contributed by atoms with Crippen LogP contribution in [0.3, 0.4) is 0 Å². The van der Waals surface area contributed by atoms with E-state index in [1.54, 1.807) is 36.7 Å². The molecule has 0 atom stereocenters. The van der Waals surface area contributed by atoms with E-state index < -0.39 is 10.0 Å². The van der Waals surface area contributed by atoms with E-state index in [1.807, 2.05) is 12.1 Å². The highest BCUT2D eigenvalue weighted by atomic mass is 32.2. The fourth-order valence-corrected chi connectivity index (χ4v) is 2.90. The molecule has 0 amide bonds. The van der Waals surface area contributed by atoms with Gasteiger partial charge in [0.15, 0.2) is 0 Å². The first-order chi connectivity index (χ1) is 9.62. The van der Waals surface area contributed by atoms with Gasteiger partial charge in [-0.05, 0) is 41.8 Å². The van der Waals surface area contributed by atoms with Crippen LogP contribution in [0.2, 0.25) is 0 Å². The van der Waals surface area contributed by atoms with Gasteiger partial charge in [-0.15, -0.1) is 0 Å². The van der Waals surface area contributed by atoms with Crippen LogP contribution in [0.1, 0.15) is 24.5 Å². The predicted molar refractivity (Wildman–Crippen MR) is 78.7 cm³/mol. The van der Waals surface area contributed by atoms with Crippen LogP contribution in [0.15, 0.2) is 53.7 Å². The Hall–Kier alpha value is -1.72. The van der Waals surface area contributed by atoms with Gasteiger partial charge in [0.05, 0.1) is 4.90 Å². The predicted octanol–water partition coefficient (Wildman–Crippen LogP) is 2.51. The molecule has 4 nitrogen and oxygen atoms in total. The summed E-state index contributed by atoms with van der Waals surface area (Å²) in [6.45, 7) is 2.36. The van der Waals surface area contributed by atoms with Gasteiger partial charge < -0.3 is 0 Å². The lowest BCUT2D eigenvalue weighted by molar-refractivity contribution is 0.581. The zero-order valence-electron chi connectivity index (χ0n) is 11.4. The van der Waals surface area contributed by atoms with Crippen molar-refractivity contribution in [3.8, 4) is 0 Å². The first-order valence-electron chi connectivity index (χ1n) is 6.59. The van der Waals surface area contributed by atoms with Crippen LogP contribution >= 0.6 is 0 Å². The summed E-state index contributed by atoms with van der Waals surface area (Å²) in [7, 11) is -3.46. The van der Waals surface area contributed by atoms with Gasteiger partial charge in [0, 0.05) is 18.9 Å². The average Bonchev–Trinajstić information content (AvgIpc) is 2.47. The average molecular weight is 290 g/mol. The number of sulfonamides is 1. The summed E-state index contributed by atoms with van der Waals surface area (Å²) in [5, 5.41) is 0. The Morgan fingerprint density at radius 2 is 1.65 bits per heavy atom. The number of hydrogen-bond donors (Lipinski definition) is 1. The van der Waals surface area contributed by atoms with E-state index in [2.05, 4.69) is 16.6 Å².